The molecule has 0 saturated carbocycles. The second kappa shape index (κ2) is 10.4. The number of nitrogens with two attached hydrogens (primary N) is 2. The Morgan fingerprint density at radius 1 is 1.03 bits per heavy atom. The molecule has 2 atom stereocenters. The van der Waals surface area contributed by atoms with Crippen molar-refractivity contribution in [3.63, 3.8) is 0 Å². The van der Waals surface area contributed by atoms with Crippen LogP contribution in [0.4, 0.5) is 10.5 Å². The maximum absolute atomic E-state index is 14.8. The minimum absolute atomic E-state index is 0.0955. The Morgan fingerprint density at radius 3 is 2.44 bits per heavy atom. The van der Waals surface area contributed by atoms with Crippen molar-refractivity contribution in [3.8, 4) is 5.69 Å². The number of fused-ring (bicyclic) bond motifs is 1. The van der Waals surface area contributed by atoms with Crippen LogP contribution in [0.1, 0.15) is 41.5 Å². The van der Waals surface area contributed by atoms with Crippen LogP contribution in [0, 0.1) is 0 Å². The van der Waals surface area contributed by atoms with Crippen molar-refractivity contribution >= 4 is 23.5 Å². The number of benzene rings is 3. The molecule has 11 heteroatoms. The molecule has 4 amide bonds. The van der Waals surface area contributed by atoms with Gasteiger partial charge in [0.05, 0.1) is 5.69 Å². The summed E-state index contributed by atoms with van der Waals surface area (Å²) < 4.78 is 0. The summed E-state index contributed by atoms with van der Waals surface area (Å²) >= 11 is 0. The van der Waals surface area contributed by atoms with E-state index in [9.17, 15) is 14.4 Å². The van der Waals surface area contributed by atoms with E-state index >= 15 is 0 Å². The maximum atomic E-state index is 14.8. The molecule has 5 rings (SSSR count). The number of carbonyl (C=O) groups is 3. The van der Waals surface area contributed by atoms with Crippen LogP contribution >= 0.6 is 0 Å². The molecule has 1 aliphatic heterocycles. The topological polar surface area (TPSA) is 162 Å². The van der Waals surface area contributed by atoms with Gasteiger partial charge < -0.3 is 21.7 Å². The molecule has 0 radical (unpaired) electrons. The summed E-state index contributed by atoms with van der Waals surface area (Å²) in [5.41, 5.74) is 13.8. The van der Waals surface area contributed by atoms with Gasteiger partial charge in [0.25, 0.3) is 5.91 Å². The molecule has 3 aromatic carbocycles. The zero-order valence-corrected chi connectivity index (χ0v) is 21.3. The first-order valence-corrected chi connectivity index (χ1v) is 12.5. The number of amides is 4. The predicted molar refractivity (Wildman–Crippen MR) is 144 cm³/mol. The molecule has 2 heterocycles. The van der Waals surface area contributed by atoms with Crippen LogP contribution in [0.2, 0.25) is 0 Å². The van der Waals surface area contributed by atoms with Crippen LogP contribution in [0.25, 0.3) is 5.69 Å². The fourth-order valence-electron chi connectivity index (χ4n) is 5.37. The number of aryl methyl sites for hydroxylation is 1. The minimum Gasteiger partial charge on any atom is -0.368 e. The van der Waals surface area contributed by atoms with Crippen LogP contribution in [-0.4, -0.2) is 44.6 Å². The van der Waals surface area contributed by atoms with Gasteiger partial charge in [0.2, 0.25) is 5.91 Å². The number of primary amides is 2. The van der Waals surface area contributed by atoms with E-state index in [4.69, 9.17) is 11.5 Å². The van der Waals surface area contributed by atoms with Gasteiger partial charge in [-0.2, -0.15) is 0 Å². The number of para-hydroxylation sites is 1. The molecule has 0 saturated heterocycles. The van der Waals surface area contributed by atoms with Gasteiger partial charge in [0.1, 0.15) is 12.1 Å². The summed E-state index contributed by atoms with van der Waals surface area (Å²) in [7, 11) is 0. The lowest BCUT2D eigenvalue weighted by Gasteiger charge is -2.37. The summed E-state index contributed by atoms with van der Waals surface area (Å²) in [6, 6.07) is 21.6. The summed E-state index contributed by atoms with van der Waals surface area (Å²) in [5, 5.41) is 14.8. The van der Waals surface area contributed by atoms with Gasteiger partial charge in [-0.05, 0) is 46.9 Å². The second-order valence-corrected chi connectivity index (χ2v) is 9.41. The molecular formula is C28H28N8O3. The van der Waals surface area contributed by atoms with E-state index in [0.717, 1.165) is 16.7 Å². The van der Waals surface area contributed by atoms with Crippen molar-refractivity contribution in [1.82, 2.24) is 25.5 Å². The van der Waals surface area contributed by atoms with E-state index in [-0.39, 0.29) is 12.3 Å². The van der Waals surface area contributed by atoms with Gasteiger partial charge >= 0.3 is 6.03 Å². The van der Waals surface area contributed by atoms with Crippen molar-refractivity contribution in [3.05, 3.63) is 101 Å². The number of tetrazole rings is 1. The number of nitrogens with one attached hydrogen (secondary N) is 1. The molecule has 1 aliphatic rings. The van der Waals surface area contributed by atoms with Gasteiger partial charge in [-0.25, -0.2) is 4.79 Å². The number of anilines is 1. The average Bonchev–Trinajstić information content (AvgIpc) is 3.46. The number of urea groups is 1. The van der Waals surface area contributed by atoms with E-state index < -0.39 is 29.9 Å². The highest BCUT2D eigenvalue weighted by Crippen LogP contribution is 2.47. The molecule has 0 spiro atoms. The normalized spacial score (nSPS) is 18.7. The van der Waals surface area contributed by atoms with E-state index in [1.807, 2.05) is 55.5 Å². The Kier molecular flexibility index (Phi) is 6.80. The van der Waals surface area contributed by atoms with Crippen molar-refractivity contribution < 1.29 is 14.4 Å². The Hall–Kier alpha value is -5.06. The number of hydrogen-bond donors (Lipinski definition) is 3. The van der Waals surface area contributed by atoms with Crippen molar-refractivity contribution in [2.75, 3.05) is 11.4 Å². The first-order valence-electron chi connectivity index (χ1n) is 12.5. The van der Waals surface area contributed by atoms with Gasteiger partial charge in [-0.15, -0.1) is 15.0 Å². The highest BCUT2D eigenvalue weighted by atomic mass is 16.2. The van der Waals surface area contributed by atoms with Gasteiger partial charge in [0, 0.05) is 17.2 Å². The third-order valence-corrected chi connectivity index (χ3v) is 7.07. The van der Waals surface area contributed by atoms with Crippen molar-refractivity contribution in [2.45, 2.75) is 31.2 Å². The number of hydrogen-bond acceptors (Lipinski definition) is 6. The van der Waals surface area contributed by atoms with E-state index in [1.54, 1.807) is 24.3 Å². The van der Waals surface area contributed by atoms with Crippen LogP contribution in [0.3, 0.4) is 0 Å². The summed E-state index contributed by atoms with van der Waals surface area (Å²) in [4.78, 5) is 42.4. The molecule has 1 aromatic heterocycles. The average molecular weight is 525 g/mol. The molecular weight excluding hydrogens is 496 g/mol. The van der Waals surface area contributed by atoms with Crippen molar-refractivity contribution in [1.29, 1.82) is 0 Å². The summed E-state index contributed by atoms with van der Waals surface area (Å²) in [5.74, 6) is -1.63. The number of aromatic nitrogens is 4. The molecule has 5 N–H and O–H groups in total. The summed E-state index contributed by atoms with van der Waals surface area (Å²) in [6.45, 7) is 1.61. The lowest BCUT2D eigenvalue weighted by Crippen LogP contribution is -2.59. The summed E-state index contributed by atoms with van der Waals surface area (Å²) in [6.07, 6.45) is 2.08. The minimum atomic E-state index is -1.72. The van der Waals surface area contributed by atoms with Gasteiger partial charge in [-0.1, -0.05) is 67.6 Å². The van der Waals surface area contributed by atoms with E-state index in [0.29, 0.717) is 23.4 Å². The zero-order valence-electron chi connectivity index (χ0n) is 21.3. The Balaban J connectivity index is 1.85. The third kappa shape index (κ3) is 4.70. The lowest BCUT2D eigenvalue weighted by atomic mass is 9.76. The maximum Gasteiger partial charge on any atom is 0.313 e. The molecule has 39 heavy (non-hydrogen) atoms. The highest BCUT2D eigenvalue weighted by molar-refractivity contribution is 6.07. The first kappa shape index (κ1) is 25.6. The molecule has 0 fully saturated rings. The third-order valence-electron chi connectivity index (χ3n) is 7.07. The quantitative estimate of drug-likeness (QED) is 0.335. The largest absolute Gasteiger partial charge is 0.368 e. The molecule has 0 aliphatic carbocycles. The lowest BCUT2D eigenvalue weighted by molar-refractivity contribution is -0.127. The van der Waals surface area contributed by atoms with Crippen LogP contribution in [0.15, 0.2) is 79.1 Å². The van der Waals surface area contributed by atoms with E-state index in [1.165, 1.54) is 16.0 Å². The molecule has 11 nitrogen and oxygen atoms in total. The standard InChI is InChI=1S/C28H28N8O3/c1-2-18-12-13-20-21(19-8-4-3-5-9-19)15-28(33-27(30)39,26(38)35(16-25(29)37)24(20)14-18)22-10-6-7-11-23(22)36-32-17-31-34-36/h3-14,17,21H,2,15-16H2,1H3,(H2,29,37)(H3,30,33,39). The predicted octanol–water partition coefficient (Wildman–Crippen LogP) is 2.14. The monoisotopic (exact) mass is 524 g/mol. The SMILES string of the molecule is CCc1ccc2c(c1)N(CC(N)=O)C(=O)C(NC(N)=O)(c1ccccc1-n1ncnn1)CC2c1ccccc1. The Labute approximate surface area is 224 Å². The van der Waals surface area contributed by atoms with Crippen LogP contribution < -0.4 is 21.7 Å². The smallest absolute Gasteiger partial charge is 0.313 e. The van der Waals surface area contributed by atoms with Crippen LogP contribution in [0.5, 0.6) is 0 Å². The Morgan fingerprint density at radius 2 is 1.77 bits per heavy atom. The first-order chi connectivity index (χ1) is 18.8. The van der Waals surface area contributed by atoms with Gasteiger partial charge in [0.15, 0.2) is 6.33 Å². The number of nitrogens with zero attached hydrogens (tertiary/aromatic N) is 5. The molecule has 4 aromatic rings. The number of carbonyl (C=O) groups excluding carboxylic acids is 3. The van der Waals surface area contributed by atoms with Crippen molar-refractivity contribution in [2.24, 2.45) is 11.5 Å². The fourth-order valence-corrected chi connectivity index (χ4v) is 5.37. The number of rotatable bonds is 7. The van der Waals surface area contributed by atoms with E-state index in [2.05, 4.69) is 20.7 Å². The molecule has 198 valence electrons. The second-order valence-electron chi connectivity index (χ2n) is 9.41. The highest BCUT2D eigenvalue weighted by Gasteiger charge is 2.51. The molecule has 0 bridgehead atoms. The van der Waals surface area contributed by atoms with Gasteiger partial charge in [-0.3, -0.25) is 9.59 Å². The van der Waals surface area contributed by atoms with Crippen LogP contribution in [-0.2, 0) is 21.5 Å². The fraction of sp³-hybridized carbons (Fsp3) is 0.214. The molecule has 2 unspecified atom stereocenters. The zero-order chi connectivity index (χ0) is 27.6. The Bertz CT molecular complexity index is 1520.